The van der Waals surface area contributed by atoms with Crippen molar-refractivity contribution in [2.24, 2.45) is 5.92 Å². The molecule has 3 aromatic carbocycles. The van der Waals surface area contributed by atoms with Gasteiger partial charge in [0.25, 0.3) is 0 Å². The number of nitrogens with zero attached hydrogens (tertiary/aromatic N) is 2. The van der Waals surface area contributed by atoms with Gasteiger partial charge in [-0.2, -0.15) is 4.31 Å². The number of carbonyl (C=O) groups is 1. The van der Waals surface area contributed by atoms with Crippen LogP contribution in [-0.4, -0.2) is 23.6 Å². The molecule has 1 heterocycles. The molecular formula is C29H24Br2FN3O3S. The van der Waals surface area contributed by atoms with E-state index >= 15 is 0 Å². The maximum absolute atomic E-state index is 13.8. The third kappa shape index (κ3) is 6.63. The molecule has 200 valence electrons. The Bertz CT molecular complexity index is 1580. The summed E-state index contributed by atoms with van der Waals surface area (Å²) in [4.78, 5) is 16.9. The van der Waals surface area contributed by atoms with Gasteiger partial charge >= 0.3 is 0 Å². The SMILES string of the molecule is O=C(Nc1ccc(S(=O)(=O)N(Cc2ccc(F)cc2)Cc2ccc(Br)cc2Br)cc1)C1CC1c1ccncc1. The summed E-state index contributed by atoms with van der Waals surface area (Å²) in [5, 5.41) is 2.90. The second-order valence-corrected chi connectivity index (χ2v) is 13.1. The number of hydrogen-bond donors (Lipinski definition) is 1. The molecule has 1 N–H and O–H groups in total. The van der Waals surface area contributed by atoms with Crippen LogP contribution in [0.25, 0.3) is 0 Å². The fourth-order valence-corrected chi connectivity index (χ4v) is 7.00. The van der Waals surface area contributed by atoms with Crippen molar-refractivity contribution in [1.29, 1.82) is 0 Å². The number of pyridine rings is 1. The van der Waals surface area contributed by atoms with Gasteiger partial charge in [-0.25, -0.2) is 12.8 Å². The molecular weight excluding hydrogens is 649 g/mol. The van der Waals surface area contributed by atoms with Crippen LogP contribution < -0.4 is 5.32 Å². The first kappa shape index (κ1) is 27.6. The Morgan fingerprint density at radius 1 is 0.949 bits per heavy atom. The van der Waals surface area contributed by atoms with Crippen molar-refractivity contribution in [2.45, 2.75) is 30.3 Å². The zero-order valence-corrected chi connectivity index (χ0v) is 24.6. The van der Waals surface area contributed by atoms with Crippen molar-refractivity contribution < 1.29 is 17.6 Å². The van der Waals surface area contributed by atoms with Gasteiger partial charge in [0, 0.05) is 46.0 Å². The summed E-state index contributed by atoms with van der Waals surface area (Å²) in [5.74, 6) is -0.429. The lowest BCUT2D eigenvalue weighted by molar-refractivity contribution is -0.117. The fraction of sp³-hybridized carbons (Fsp3) is 0.172. The molecule has 10 heteroatoms. The Labute approximate surface area is 243 Å². The number of rotatable bonds is 9. The molecule has 0 aliphatic heterocycles. The second kappa shape index (κ2) is 11.7. The average Bonchev–Trinajstić information content (AvgIpc) is 3.73. The van der Waals surface area contributed by atoms with Crippen LogP contribution in [0.2, 0.25) is 0 Å². The minimum Gasteiger partial charge on any atom is -0.326 e. The van der Waals surface area contributed by atoms with E-state index in [1.165, 1.54) is 28.6 Å². The van der Waals surface area contributed by atoms with Gasteiger partial charge in [-0.3, -0.25) is 9.78 Å². The molecule has 1 aromatic heterocycles. The summed E-state index contributed by atoms with van der Waals surface area (Å²) in [7, 11) is -3.94. The first-order valence-electron chi connectivity index (χ1n) is 12.2. The first-order valence-corrected chi connectivity index (χ1v) is 15.2. The van der Waals surface area contributed by atoms with Crippen molar-refractivity contribution in [2.75, 3.05) is 5.32 Å². The van der Waals surface area contributed by atoms with E-state index in [9.17, 15) is 17.6 Å². The number of hydrogen-bond acceptors (Lipinski definition) is 4. The summed E-state index contributed by atoms with van der Waals surface area (Å²) in [6, 6.07) is 21.3. The van der Waals surface area contributed by atoms with E-state index in [0.717, 1.165) is 26.5 Å². The van der Waals surface area contributed by atoms with Crippen molar-refractivity contribution in [3.63, 3.8) is 0 Å². The summed E-state index contributed by atoms with van der Waals surface area (Å²) >= 11 is 6.94. The summed E-state index contributed by atoms with van der Waals surface area (Å²) in [6.07, 6.45) is 4.21. The minimum absolute atomic E-state index is 0.0572. The van der Waals surface area contributed by atoms with Gasteiger partial charge in [-0.15, -0.1) is 0 Å². The molecule has 0 saturated heterocycles. The summed E-state index contributed by atoms with van der Waals surface area (Å²) in [5.41, 5.74) is 3.05. The zero-order chi connectivity index (χ0) is 27.6. The summed E-state index contributed by atoms with van der Waals surface area (Å²) < 4.78 is 44.0. The maximum atomic E-state index is 13.8. The molecule has 0 radical (unpaired) electrons. The molecule has 1 saturated carbocycles. The third-order valence-electron chi connectivity index (χ3n) is 6.66. The van der Waals surface area contributed by atoms with Crippen LogP contribution >= 0.6 is 31.9 Å². The highest BCUT2D eigenvalue weighted by Crippen LogP contribution is 2.47. The monoisotopic (exact) mass is 671 g/mol. The van der Waals surface area contributed by atoms with Gasteiger partial charge in [0.15, 0.2) is 0 Å². The predicted octanol–water partition coefficient (Wildman–Crippen LogP) is 6.88. The zero-order valence-electron chi connectivity index (χ0n) is 20.6. The van der Waals surface area contributed by atoms with Crippen LogP contribution in [0.15, 0.2) is 105 Å². The van der Waals surface area contributed by atoms with E-state index in [2.05, 4.69) is 42.2 Å². The van der Waals surface area contributed by atoms with Crippen molar-refractivity contribution in [3.8, 4) is 0 Å². The van der Waals surface area contributed by atoms with Crippen LogP contribution in [0.3, 0.4) is 0 Å². The van der Waals surface area contributed by atoms with Crippen molar-refractivity contribution in [3.05, 3.63) is 123 Å². The van der Waals surface area contributed by atoms with Crippen LogP contribution in [0.1, 0.15) is 29.0 Å². The van der Waals surface area contributed by atoms with Gasteiger partial charge in [0.2, 0.25) is 15.9 Å². The molecule has 2 atom stereocenters. The van der Waals surface area contributed by atoms with Gasteiger partial charge in [0.05, 0.1) is 4.90 Å². The number of carbonyl (C=O) groups excluding carboxylic acids is 1. The molecule has 0 bridgehead atoms. The van der Waals surface area contributed by atoms with E-state index in [0.29, 0.717) is 11.3 Å². The highest BCUT2D eigenvalue weighted by molar-refractivity contribution is 9.11. The third-order valence-corrected chi connectivity index (χ3v) is 9.69. The van der Waals surface area contributed by atoms with Crippen molar-refractivity contribution >= 4 is 53.5 Å². The molecule has 2 unspecified atom stereocenters. The molecule has 39 heavy (non-hydrogen) atoms. The standard InChI is InChI=1S/C29H24Br2FN3O3S/c30-22-4-3-21(28(31)15-22)18-35(17-19-1-5-23(32)6-2-19)39(37,38)25-9-7-24(8-10-25)34-29(36)27-16-26(27)20-11-13-33-14-12-20/h1-15,26-27H,16-18H2,(H,34,36). The normalized spacial score (nSPS) is 16.7. The smallest absolute Gasteiger partial charge is 0.243 e. The van der Waals surface area contributed by atoms with E-state index in [-0.39, 0.29) is 41.5 Å². The van der Waals surface area contributed by atoms with Gasteiger partial charge < -0.3 is 5.32 Å². The number of aromatic nitrogens is 1. The predicted molar refractivity (Wildman–Crippen MR) is 155 cm³/mol. The first-order chi connectivity index (χ1) is 18.7. The quantitative estimate of drug-likeness (QED) is 0.210. The Morgan fingerprint density at radius 2 is 1.64 bits per heavy atom. The number of halogens is 3. The molecule has 1 amide bonds. The van der Waals surface area contributed by atoms with E-state index in [1.807, 2.05) is 30.3 Å². The molecule has 1 fully saturated rings. The maximum Gasteiger partial charge on any atom is 0.243 e. The lowest BCUT2D eigenvalue weighted by Gasteiger charge is -2.23. The minimum atomic E-state index is -3.94. The highest BCUT2D eigenvalue weighted by atomic mass is 79.9. The lowest BCUT2D eigenvalue weighted by atomic mass is 10.1. The molecule has 5 rings (SSSR count). The van der Waals surface area contributed by atoms with Gasteiger partial charge in [-0.05, 0) is 89.7 Å². The number of nitrogens with one attached hydrogen (secondary N) is 1. The topological polar surface area (TPSA) is 79.4 Å². The van der Waals surface area contributed by atoms with Gasteiger partial charge in [-0.1, -0.05) is 50.1 Å². The van der Waals surface area contributed by atoms with Gasteiger partial charge in [0.1, 0.15) is 5.82 Å². The number of amides is 1. The largest absolute Gasteiger partial charge is 0.326 e. The van der Waals surface area contributed by atoms with Crippen LogP contribution in [0.5, 0.6) is 0 Å². The lowest BCUT2D eigenvalue weighted by Crippen LogP contribution is -2.30. The van der Waals surface area contributed by atoms with Crippen LogP contribution in [0, 0.1) is 11.7 Å². The number of sulfonamides is 1. The second-order valence-electron chi connectivity index (χ2n) is 9.38. The Hall–Kier alpha value is -2.92. The van der Waals surface area contributed by atoms with Crippen LogP contribution in [-0.2, 0) is 27.9 Å². The highest BCUT2D eigenvalue weighted by Gasteiger charge is 2.43. The molecule has 1 aliphatic rings. The number of anilines is 1. The average molecular weight is 673 g/mol. The van der Waals surface area contributed by atoms with E-state index < -0.39 is 10.0 Å². The van der Waals surface area contributed by atoms with E-state index in [1.54, 1.807) is 36.7 Å². The molecule has 1 aliphatic carbocycles. The Kier molecular flexibility index (Phi) is 8.27. The van der Waals surface area contributed by atoms with E-state index in [4.69, 9.17) is 0 Å². The van der Waals surface area contributed by atoms with Crippen molar-refractivity contribution in [1.82, 2.24) is 9.29 Å². The number of benzene rings is 3. The molecule has 6 nitrogen and oxygen atoms in total. The molecule has 4 aromatic rings. The summed E-state index contributed by atoms with van der Waals surface area (Å²) in [6.45, 7) is 0.159. The fourth-order valence-electron chi connectivity index (χ4n) is 4.42. The molecule has 0 spiro atoms. The van der Waals surface area contributed by atoms with Crippen LogP contribution in [0.4, 0.5) is 10.1 Å². The Balaban J connectivity index is 1.33. The Morgan fingerprint density at radius 3 is 2.31 bits per heavy atom.